The van der Waals surface area contributed by atoms with E-state index in [0.29, 0.717) is 11.3 Å². The molecule has 0 aromatic carbocycles. The van der Waals surface area contributed by atoms with Crippen molar-refractivity contribution in [3.05, 3.63) is 24.0 Å². The van der Waals surface area contributed by atoms with Crippen molar-refractivity contribution in [3.63, 3.8) is 0 Å². The standard InChI is InChI=1S/C15H19N7/c1-2-10(1)11-5-13(21-20-11)18-12-3-4-17-14(19-12)22-8-15(9-22)6-16-7-15/h3-5,10,16H,1-2,6-9H2,(H2,17,18,19,20,21). The van der Waals surface area contributed by atoms with E-state index in [-0.39, 0.29) is 0 Å². The van der Waals surface area contributed by atoms with Crippen LogP contribution in [0.15, 0.2) is 18.3 Å². The number of nitrogens with zero attached hydrogens (tertiary/aromatic N) is 4. The van der Waals surface area contributed by atoms with E-state index >= 15 is 0 Å². The van der Waals surface area contributed by atoms with Gasteiger partial charge >= 0.3 is 0 Å². The molecule has 2 aliphatic heterocycles. The summed E-state index contributed by atoms with van der Waals surface area (Å²) < 4.78 is 0. The van der Waals surface area contributed by atoms with Crippen LogP contribution in [0, 0.1) is 5.41 Å². The summed E-state index contributed by atoms with van der Waals surface area (Å²) in [5.74, 6) is 3.11. The number of nitrogens with one attached hydrogen (secondary N) is 3. The second-order valence-electron chi connectivity index (χ2n) is 6.81. The van der Waals surface area contributed by atoms with Gasteiger partial charge in [0.05, 0.1) is 0 Å². The summed E-state index contributed by atoms with van der Waals surface area (Å²) >= 11 is 0. The molecule has 5 rings (SSSR count). The molecule has 7 nitrogen and oxygen atoms in total. The van der Waals surface area contributed by atoms with Crippen molar-refractivity contribution in [2.75, 3.05) is 36.4 Å². The lowest BCUT2D eigenvalue weighted by Gasteiger charge is -2.55. The van der Waals surface area contributed by atoms with Gasteiger partial charge in [-0.25, -0.2) is 4.98 Å². The number of anilines is 3. The molecule has 2 aromatic rings. The molecule has 2 saturated heterocycles. The van der Waals surface area contributed by atoms with Crippen molar-refractivity contribution in [2.45, 2.75) is 18.8 Å². The molecule has 1 saturated carbocycles. The molecule has 0 atom stereocenters. The number of hydrogen-bond acceptors (Lipinski definition) is 6. The first kappa shape index (κ1) is 12.4. The third-order valence-corrected chi connectivity index (χ3v) is 4.85. The van der Waals surface area contributed by atoms with Gasteiger partial charge in [-0.15, -0.1) is 0 Å². The van der Waals surface area contributed by atoms with Crippen LogP contribution in [-0.2, 0) is 0 Å². The van der Waals surface area contributed by atoms with Gasteiger partial charge in [-0.2, -0.15) is 10.1 Å². The van der Waals surface area contributed by atoms with Gasteiger partial charge in [0.1, 0.15) is 5.82 Å². The highest BCUT2D eigenvalue weighted by Crippen LogP contribution is 2.40. The first-order chi connectivity index (χ1) is 10.8. The zero-order valence-electron chi connectivity index (χ0n) is 12.3. The van der Waals surface area contributed by atoms with Crippen LogP contribution in [0.5, 0.6) is 0 Å². The maximum atomic E-state index is 4.61. The zero-order valence-corrected chi connectivity index (χ0v) is 12.3. The second-order valence-corrected chi connectivity index (χ2v) is 6.81. The van der Waals surface area contributed by atoms with Crippen molar-refractivity contribution in [1.29, 1.82) is 0 Å². The fourth-order valence-electron chi connectivity index (χ4n) is 3.31. The van der Waals surface area contributed by atoms with Gasteiger partial charge in [0, 0.05) is 55.5 Å². The Morgan fingerprint density at radius 1 is 1.23 bits per heavy atom. The third kappa shape index (κ3) is 2.04. The lowest BCUT2D eigenvalue weighted by Crippen LogP contribution is -2.71. The summed E-state index contributed by atoms with van der Waals surface area (Å²) in [7, 11) is 0. The predicted molar refractivity (Wildman–Crippen MR) is 83.4 cm³/mol. The van der Waals surface area contributed by atoms with Crippen LogP contribution in [0.1, 0.15) is 24.5 Å². The van der Waals surface area contributed by atoms with Gasteiger partial charge in [-0.05, 0) is 18.9 Å². The molecule has 0 bridgehead atoms. The normalized spacial score (nSPS) is 22.3. The highest BCUT2D eigenvalue weighted by atomic mass is 15.3. The molecule has 3 N–H and O–H groups in total. The van der Waals surface area contributed by atoms with E-state index in [1.807, 2.05) is 12.3 Å². The largest absolute Gasteiger partial charge is 0.339 e. The van der Waals surface area contributed by atoms with Crippen molar-refractivity contribution in [1.82, 2.24) is 25.5 Å². The van der Waals surface area contributed by atoms with Crippen LogP contribution in [-0.4, -0.2) is 46.3 Å². The molecule has 7 heteroatoms. The molecule has 1 aliphatic carbocycles. The molecule has 0 radical (unpaired) electrons. The van der Waals surface area contributed by atoms with E-state index in [2.05, 4.69) is 41.8 Å². The predicted octanol–water partition coefficient (Wildman–Crippen LogP) is 1.23. The Labute approximate surface area is 128 Å². The SMILES string of the molecule is c1cc(Nc2cc(C3CC3)[nH]n2)nc(N2CC3(CNC3)C2)n1. The highest BCUT2D eigenvalue weighted by Gasteiger charge is 2.48. The molecule has 3 aliphatic rings. The van der Waals surface area contributed by atoms with E-state index in [9.17, 15) is 0 Å². The monoisotopic (exact) mass is 297 g/mol. The van der Waals surface area contributed by atoms with Crippen LogP contribution in [0.2, 0.25) is 0 Å². The second kappa shape index (κ2) is 4.42. The average molecular weight is 297 g/mol. The Hall–Kier alpha value is -2.15. The Kier molecular flexibility index (Phi) is 2.49. The van der Waals surface area contributed by atoms with Gasteiger partial charge in [0.25, 0.3) is 0 Å². The molecule has 22 heavy (non-hydrogen) atoms. The molecule has 1 spiro atoms. The number of hydrogen-bond donors (Lipinski definition) is 3. The summed E-state index contributed by atoms with van der Waals surface area (Å²) in [6.07, 6.45) is 4.35. The third-order valence-electron chi connectivity index (χ3n) is 4.85. The van der Waals surface area contributed by atoms with Crippen LogP contribution < -0.4 is 15.5 Å². The molecule has 0 unspecified atom stereocenters. The molecular formula is C15H19N7. The Morgan fingerprint density at radius 3 is 2.82 bits per heavy atom. The summed E-state index contributed by atoms with van der Waals surface area (Å²) in [5, 5.41) is 14.0. The van der Waals surface area contributed by atoms with E-state index in [1.54, 1.807) is 0 Å². The Morgan fingerprint density at radius 2 is 2.09 bits per heavy atom. The summed E-state index contributed by atoms with van der Waals surface area (Å²) in [6.45, 7) is 4.35. The first-order valence-electron chi connectivity index (χ1n) is 7.91. The van der Waals surface area contributed by atoms with Gasteiger partial charge < -0.3 is 15.5 Å². The lowest BCUT2D eigenvalue weighted by molar-refractivity contribution is 0.119. The minimum absolute atomic E-state index is 0.480. The van der Waals surface area contributed by atoms with Crippen LogP contribution in [0.4, 0.5) is 17.6 Å². The van der Waals surface area contributed by atoms with E-state index in [1.165, 1.54) is 18.5 Å². The maximum Gasteiger partial charge on any atom is 0.227 e. The zero-order chi connectivity index (χ0) is 14.6. The minimum atomic E-state index is 0.480. The van der Waals surface area contributed by atoms with Crippen molar-refractivity contribution in [2.24, 2.45) is 5.41 Å². The lowest BCUT2D eigenvalue weighted by atomic mass is 9.75. The molecule has 3 fully saturated rings. The molecule has 0 amide bonds. The average Bonchev–Trinajstić information content (AvgIpc) is 3.17. The summed E-state index contributed by atoms with van der Waals surface area (Å²) in [5.41, 5.74) is 1.70. The van der Waals surface area contributed by atoms with Crippen molar-refractivity contribution >= 4 is 17.6 Å². The Balaban J connectivity index is 1.29. The first-order valence-corrected chi connectivity index (χ1v) is 7.91. The topological polar surface area (TPSA) is 81.8 Å². The van der Waals surface area contributed by atoms with Gasteiger partial charge in [0.2, 0.25) is 5.95 Å². The van der Waals surface area contributed by atoms with Crippen molar-refractivity contribution in [3.8, 4) is 0 Å². The molecule has 2 aromatic heterocycles. The smallest absolute Gasteiger partial charge is 0.227 e. The van der Waals surface area contributed by atoms with E-state index in [4.69, 9.17) is 0 Å². The number of H-pyrrole nitrogens is 1. The Bertz CT molecular complexity index is 693. The number of rotatable bonds is 4. The van der Waals surface area contributed by atoms with E-state index < -0.39 is 0 Å². The quantitative estimate of drug-likeness (QED) is 0.787. The highest BCUT2D eigenvalue weighted by molar-refractivity contribution is 5.54. The van der Waals surface area contributed by atoms with Crippen molar-refractivity contribution < 1.29 is 0 Å². The summed E-state index contributed by atoms with van der Waals surface area (Å²) in [4.78, 5) is 11.3. The van der Waals surface area contributed by atoms with Gasteiger partial charge in [0.15, 0.2) is 5.82 Å². The van der Waals surface area contributed by atoms with Gasteiger partial charge in [-0.1, -0.05) is 0 Å². The molecule has 4 heterocycles. The van der Waals surface area contributed by atoms with Crippen LogP contribution in [0.3, 0.4) is 0 Å². The molecular weight excluding hydrogens is 278 g/mol. The number of aromatic nitrogens is 4. The fourth-order valence-corrected chi connectivity index (χ4v) is 3.31. The summed E-state index contributed by atoms with van der Waals surface area (Å²) in [6, 6.07) is 3.97. The van der Waals surface area contributed by atoms with Crippen LogP contribution in [0.25, 0.3) is 0 Å². The van der Waals surface area contributed by atoms with E-state index in [0.717, 1.165) is 43.8 Å². The molecule has 114 valence electrons. The fraction of sp³-hybridized carbons (Fsp3) is 0.533. The number of aromatic amines is 1. The van der Waals surface area contributed by atoms with Gasteiger partial charge in [-0.3, -0.25) is 5.10 Å². The van der Waals surface area contributed by atoms with Crippen LogP contribution >= 0.6 is 0 Å². The maximum absolute atomic E-state index is 4.61. The minimum Gasteiger partial charge on any atom is -0.339 e.